The number of rotatable bonds is 3. The van der Waals surface area contributed by atoms with Gasteiger partial charge in [-0.25, -0.2) is 4.98 Å². The van der Waals surface area contributed by atoms with Crippen molar-refractivity contribution in [3.05, 3.63) is 29.5 Å². The predicted octanol–water partition coefficient (Wildman–Crippen LogP) is 2.17. The summed E-state index contributed by atoms with van der Waals surface area (Å²) in [5.74, 6) is 2.19. The van der Waals surface area contributed by atoms with Crippen molar-refractivity contribution < 1.29 is 14.6 Å². The maximum absolute atomic E-state index is 11.9. The first-order valence-corrected chi connectivity index (χ1v) is 9.24. The molecule has 1 aromatic rings. The number of anilines is 1. The van der Waals surface area contributed by atoms with Gasteiger partial charge < -0.3 is 14.7 Å². The number of aromatic nitrogens is 1. The Morgan fingerprint density at radius 1 is 1.31 bits per heavy atom. The molecule has 0 aromatic carbocycles. The van der Waals surface area contributed by atoms with Gasteiger partial charge in [0.25, 0.3) is 0 Å². The highest BCUT2D eigenvalue weighted by Crippen LogP contribution is 2.40. The molecule has 4 rings (SSSR count). The van der Waals surface area contributed by atoms with Crippen molar-refractivity contribution in [1.29, 1.82) is 0 Å². The molecule has 0 amide bonds. The smallest absolute Gasteiger partial charge is 0.140 e. The van der Waals surface area contributed by atoms with E-state index in [0.717, 1.165) is 54.4 Å². The van der Waals surface area contributed by atoms with Gasteiger partial charge in [0, 0.05) is 43.1 Å². The maximum Gasteiger partial charge on any atom is 0.140 e. The van der Waals surface area contributed by atoms with E-state index in [1.54, 1.807) is 20.2 Å². The summed E-state index contributed by atoms with van der Waals surface area (Å²) in [6, 6.07) is 3.92. The van der Waals surface area contributed by atoms with E-state index < -0.39 is 5.60 Å². The molecular weight excluding hydrogens is 330 g/mol. The van der Waals surface area contributed by atoms with Crippen LogP contribution < -0.4 is 9.64 Å². The number of ether oxygens (including phenoxy) is 1. The number of aliphatic imine (C=N–C) groups is 1. The molecule has 0 saturated carbocycles. The zero-order valence-corrected chi connectivity index (χ0v) is 15.4. The number of carbonyl (C=O) groups excluding carboxylic acids is 1. The van der Waals surface area contributed by atoms with Crippen molar-refractivity contribution in [2.45, 2.75) is 38.2 Å². The highest BCUT2D eigenvalue weighted by molar-refractivity contribution is 6.08. The summed E-state index contributed by atoms with van der Waals surface area (Å²) < 4.78 is 5.17. The highest BCUT2D eigenvalue weighted by Gasteiger charge is 2.43. The van der Waals surface area contributed by atoms with Crippen molar-refractivity contribution in [3.63, 3.8) is 0 Å². The first kappa shape index (κ1) is 17.2. The summed E-state index contributed by atoms with van der Waals surface area (Å²) in [6.45, 7) is 4.16. The van der Waals surface area contributed by atoms with Gasteiger partial charge >= 0.3 is 0 Å². The van der Waals surface area contributed by atoms with Gasteiger partial charge in [-0.2, -0.15) is 0 Å². The molecule has 138 valence electrons. The number of nitrogens with zero attached hydrogens (tertiary/aromatic N) is 3. The largest absolute Gasteiger partial charge is 0.495 e. The molecular formula is C20H25N3O3. The number of hydrogen-bond acceptors (Lipinski definition) is 6. The number of piperidine rings is 1. The average molecular weight is 355 g/mol. The maximum atomic E-state index is 11.9. The van der Waals surface area contributed by atoms with E-state index in [1.807, 2.05) is 12.1 Å². The summed E-state index contributed by atoms with van der Waals surface area (Å²) in [4.78, 5) is 23.4. The van der Waals surface area contributed by atoms with Gasteiger partial charge in [0.1, 0.15) is 17.4 Å². The Hall–Kier alpha value is -2.21. The predicted molar refractivity (Wildman–Crippen MR) is 99.9 cm³/mol. The fourth-order valence-corrected chi connectivity index (χ4v) is 4.49. The quantitative estimate of drug-likeness (QED) is 0.899. The monoisotopic (exact) mass is 355 g/mol. The lowest BCUT2D eigenvalue weighted by atomic mass is 9.74. The first-order valence-electron chi connectivity index (χ1n) is 9.24. The van der Waals surface area contributed by atoms with Crippen LogP contribution in [0.3, 0.4) is 0 Å². The van der Waals surface area contributed by atoms with E-state index in [-0.39, 0.29) is 12.2 Å². The summed E-state index contributed by atoms with van der Waals surface area (Å²) >= 11 is 0. The van der Waals surface area contributed by atoms with Crippen LogP contribution in [-0.4, -0.2) is 53.9 Å². The van der Waals surface area contributed by atoms with Crippen molar-refractivity contribution in [2.75, 3.05) is 31.6 Å². The van der Waals surface area contributed by atoms with Gasteiger partial charge in [-0.1, -0.05) is 0 Å². The normalized spacial score (nSPS) is 26.8. The van der Waals surface area contributed by atoms with Crippen LogP contribution in [0, 0.1) is 5.92 Å². The average Bonchev–Trinajstić information content (AvgIpc) is 3.06. The van der Waals surface area contributed by atoms with E-state index >= 15 is 0 Å². The Kier molecular flexibility index (Phi) is 4.31. The number of hydrogen-bond donors (Lipinski definition) is 1. The lowest BCUT2D eigenvalue weighted by Crippen LogP contribution is -2.42. The first-order chi connectivity index (χ1) is 12.5. The summed E-state index contributed by atoms with van der Waals surface area (Å²) in [5, 5.41) is 10.8. The van der Waals surface area contributed by atoms with Gasteiger partial charge in [-0.05, 0) is 37.5 Å². The molecule has 1 unspecified atom stereocenters. The minimum absolute atomic E-state index is 0.116. The molecule has 6 heteroatoms. The Morgan fingerprint density at radius 3 is 2.73 bits per heavy atom. The fourth-order valence-electron chi connectivity index (χ4n) is 4.49. The second kappa shape index (κ2) is 6.50. The van der Waals surface area contributed by atoms with Crippen LogP contribution in [-0.2, 0) is 4.79 Å². The van der Waals surface area contributed by atoms with E-state index in [1.165, 1.54) is 0 Å². The van der Waals surface area contributed by atoms with Gasteiger partial charge in [-0.3, -0.25) is 9.79 Å². The second-order valence-electron chi connectivity index (χ2n) is 7.66. The van der Waals surface area contributed by atoms with E-state index in [4.69, 9.17) is 9.73 Å². The number of ketones is 1. The molecule has 26 heavy (non-hydrogen) atoms. The molecule has 1 N–H and O–H groups in total. The van der Waals surface area contributed by atoms with Crippen molar-refractivity contribution >= 4 is 17.3 Å². The number of methoxy groups -OCH3 is 1. The van der Waals surface area contributed by atoms with Crippen LogP contribution in [0.2, 0.25) is 0 Å². The molecule has 0 spiro atoms. The Labute approximate surface area is 153 Å². The van der Waals surface area contributed by atoms with Crippen LogP contribution in [0.15, 0.2) is 34.5 Å². The molecule has 3 heterocycles. The SMILES string of the molecule is COc1ccc(N2CCC(C3=NCC4=C3C(C)(O)CC(=O)C4)CC2)nc1. The number of aliphatic hydroxyl groups is 1. The molecule has 1 aliphatic carbocycles. The molecule has 6 nitrogen and oxygen atoms in total. The number of carbonyl (C=O) groups is 1. The number of pyridine rings is 1. The molecule has 0 bridgehead atoms. The Bertz CT molecular complexity index is 772. The molecule has 1 aromatic heterocycles. The van der Waals surface area contributed by atoms with E-state index in [0.29, 0.717) is 18.9 Å². The van der Waals surface area contributed by atoms with Gasteiger partial charge in [0.2, 0.25) is 0 Å². The fraction of sp³-hybridized carbons (Fsp3) is 0.550. The van der Waals surface area contributed by atoms with Crippen LogP contribution in [0.5, 0.6) is 5.75 Å². The summed E-state index contributed by atoms with van der Waals surface area (Å²) in [7, 11) is 1.64. The molecule has 1 saturated heterocycles. The lowest BCUT2D eigenvalue weighted by molar-refractivity contribution is -0.122. The van der Waals surface area contributed by atoms with Crippen LogP contribution in [0.1, 0.15) is 32.6 Å². The molecule has 1 atom stereocenters. The van der Waals surface area contributed by atoms with Crippen molar-refractivity contribution in [3.8, 4) is 5.75 Å². The standard InChI is InChI=1S/C20H25N3O3/c1-20(25)10-15(24)9-14-11-22-19(18(14)20)13-5-7-23(8-6-13)17-4-3-16(26-2)12-21-17/h3-4,12-13,25H,5-11H2,1-2H3. The zero-order chi connectivity index (χ0) is 18.3. The molecule has 3 aliphatic rings. The van der Waals surface area contributed by atoms with Crippen molar-refractivity contribution in [1.82, 2.24) is 4.98 Å². The summed E-state index contributed by atoms with van der Waals surface area (Å²) in [6.07, 6.45) is 4.36. The minimum atomic E-state index is -1.06. The number of Topliss-reactive ketones (excluding diaryl/α,β-unsaturated/α-hetero) is 1. The van der Waals surface area contributed by atoms with E-state index in [2.05, 4.69) is 9.88 Å². The molecule has 1 fully saturated rings. The van der Waals surface area contributed by atoms with Gasteiger partial charge in [0.05, 0.1) is 25.5 Å². The second-order valence-corrected chi connectivity index (χ2v) is 7.66. The topological polar surface area (TPSA) is 75.0 Å². The lowest BCUT2D eigenvalue weighted by Gasteiger charge is -2.37. The van der Waals surface area contributed by atoms with Crippen LogP contribution in [0.4, 0.5) is 5.82 Å². The zero-order valence-electron chi connectivity index (χ0n) is 15.4. The van der Waals surface area contributed by atoms with Crippen LogP contribution >= 0.6 is 0 Å². The highest BCUT2D eigenvalue weighted by atomic mass is 16.5. The van der Waals surface area contributed by atoms with Crippen LogP contribution in [0.25, 0.3) is 0 Å². The minimum Gasteiger partial charge on any atom is -0.495 e. The molecule has 0 radical (unpaired) electrons. The van der Waals surface area contributed by atoms with Gasteiger partial charge in [0.15, 0.2) is 0 Å². The van der Waals surface area contributed by atoms with E-state index in [9.17, 15) is 9.90 Å². The Morgan fingerprint density at radius 2 is 2.08 bits per heavy atom. The summed E-state index contributed by atoms with van der Waals surface area (Å²) in [5.41, 5.74) is 1.97. The third-order valence-electron chi connectivity index (χ3n) is 5.70. The third-order valence-corrected chi connectivity index (χ3v) is 5.70. The third kappa shape index (κ3) is 3.03. The Balaban J connectivity index is 1.46. The molecule has 2 aliphatic heterocycles. The van der Waals surface area contributed by atoms with Gasteiger partial charge in [-0.15, -0.1) is 0 Å². The van der Waals surface area contributed by atoms with Crippen molar-refractivity contribution in [2.24, 2.45) is 10.9 Å².